The van der Waals surface area contributed by atoms with Gasteiger partial charge in [0.15, 0.2) is 0 Å². The van der Waals surface area contributed by atoms with Crippen molar-refractivity contribution < 1.29 is 9.66 Å². The van der Waals surface area contributed by atoms with Crippen molar-refractivity contribution in [3.63, 3.8) is 0 Å². The van der Waals surface area contributed by atoms with Crippen LogP contribution in [0.1, 0.15) is 37.7 Å². The van der Waals surface area contributed by atoms with Crippen molar-refractivity contribution in [3.05, 3.63) is 93.6 Å². The van der Waals surface area contributed by atoms with E-state index in [0.29, 0.717) is 28.4 Å². The standard InChI is InChI=1S/C34H40ClN5O3/c1-23-9-10-25-17-26(11-12-32(25)38(23)3)36-31-21-33(34(40(41)42)20-30(31)35)39-15-13-24(14-16-39)22-37(2)27-18-29(19-27)43-28-7-5-4-6-8-28/h4-8,11-12,17,20-21,24,27,29,36H,1,9-10,13-16,18-19,22H2,2-3H3. The highest BCUT2D eigenvalue weighted by Crippen LogP contribution is 2.41. The van der Waals surface area contributed by atoms with Crippen LogP contribution < -0.4 is 19.9 Å². The third-order valence-corrected chi connectivity index (χ3v) is 9.69. The van der Waals surface area contributed by atoms with Crippen LogP contribution in [0, 0.1) is 16.0 Å². The third kappa shape index (κ3) is 6.45. The fourth-order valence-electron chi connectivity index (χ4n) is 6.61. The Kier molecular flexibility index (Phi) is 8.50. The summed E-state index contributed by atoms with van der Waals surface area (Å²) in [6, 6.07) is 20.2. The highest BCUT2D eigenvalue weighted by molar-refractivity contribution is 6.33. The zero-order valence-corrected chi connectivity index (χ0v) is 25.7. The van der Waals surface area contributed by atoms with Crippen LogP contribution in [0.5, 0.6) is 5.75 Å². The highest BCUT2D eigenvalue weighted by Gasteiger charge is 2.35. The Morgan fingerprint density at radius 3 is 2.53 bits per heavy atom. The van der Waals surface area contributed by atoms with Gasteiger partial charge in [-0.3, -0.25) is 10.1 Å². The van der Waals surface area contributed by atoms with Crippen LogP contribution in [0.2, 0.25) is 5.02 Å². The molecule has 0 spiro atoms. The molecule has 0 bridgehead atoms. The molecule has 1 saturated heterocycles. The van der Waals surface area contributed by atoms with Crippen molar-refractivity contribution in [2.24, 2.45) is 5.92 Å². The zero-order valence-electron chi connectivity index (χ0n) is 25.0. The van der Waals surface area contributed by atoms with Gasteiger partial charge in [-0.15, -0.1) is 0 Å². The molecule has 3 aliphatic rings. The number of halogens is 1. The number of nitrogens with zero attached hydrogens (tertiary/aromatic N) is 4. The van der Waals surface area contributed by atoms with Crippen LogP contribution in [-0.4, -0.2) is 55.7 Å². The summed E-state index contributed by atoms with van der Waals surface area (Å²) in [5, 5.41) is 15.8. The summed E-state index contributed by atoms with van der Waals surface area (Å²) in [6.07, 6.45) is 6.22. The van der Waals surface area contributed by atoms with Crippen molar-refractivity contribution >= 4 is 40.0 Å². The number of ether oxygens (including phenoxy) is 1. The molecule has 2 heterocycles. The van der Waals surface area contributed by atoms with Gasteiger partial charge in [-0.25, -0.2) is 0 Å². The molecule has 226 valence electrons. The first-order valence-electron chi connectivity index (χ1n) is 15.2. The molecule has 0 amide bonds. The van der Waals surface area contributed by atoms with Gasteiger partial charge in [0.2, 0.25) is 0 Å². The summed E-state index contributed by atoms with van der Waals surface area (Å²) >= 11 is 6.59. The summed E-state index contributed by atoms with van der Waals surface area (Å²) in [5.41, 5.74) is 5.77. The van der Waals surface area contributed by atoms with Crippen molar-refractivity contribution in [2.45, 2.75) is 50.7 Å². The van der Waals surface area contributed by atoms with Crippen LogP contribution >= 0.6 is 11.6 Å². The Morgan fingerprint density at radius 1 is 1.07 bits per heavy atom. The van der Waals surface area contributed by atoms with E-state index in [1.54, 1.807) is 0 Å². The van der Waals surface area contributed by atoms with Crippen molar-refractivity contribution in [2.75, 3.05) is 48.8 Å². The van der Waals surface area contributed by atoms with E-state index < -0.39 is 0 Å². The second kappa shape index (κ2) is 12.5. The summed E-state index contributed by atoms with van der Waals surface area (Å²) in [4.78, 5) is 18.5. The first-order chi connectivity index (χ1) is 20.7. The normalized spacial score (nSPS) is 20.5. The Hall–Kier alpha value is -3.75. The number of nitro groups is 1. The molecule has 6 rings (SSSR count). The van der Waals surface area contributed by atoms with E-state index in [4.69, 9.17) is 16.3 Å². The lowest BCUT2D eigenvalue weighted by Crippen LogP contribution is -2.49. The highest BCUT2D eigenvalue weighted by atomic mass is 35.5. The van der Waals surface area contributed by atoms with E-state index >= 15 is 0 Å². The van der Waals surface area contributed by atoms with Crippen LogP contribution in [0.3, 0.4) is 0 Å². The van der Waals surface area contributed by atoms with Crippen LogP contribution in [0.15, 0.2) is 72.9 Å². The van der Waals surface area contributed by atoms with Crippen molar-refractivity contribution in [1.29, 1.82) is 0 Å². The summed E-state index contributed by atoms with van der Waals surface area (Å²) in [5.74, 6) is 1.50. The molecule has 0 aromatic heterocycles. The lowest BCUT2D eigenvalue weighted by Gasteiger charge is -2.43. The molecule has 43 heavy (non-hydrogen) atoms. The van der Waals surface area contributed by atoms with Crippen LogP contribution in [0.25, 0.3) is 0 Å². The van der Waals surface area contributed by atoms with Crippen molar-refractivity contribution in [1.82, 2.24) is 4.90 Å². The first kappa shape index (κ1) is 29.3. The topological polar surface area (TPSA) is 74.1 Å². The molecular weight excluding hydrogens is 562 g/mol. The molecule has 2 aliphatic heterocycles. The van der Waals surface area contributed by atoms with Crippen LogP contribution in [0.4, 0.5) is 28.4 Å². The Balaban J connectivity index is 1.07. The van der Waals surface area contributed by atoms with Gasteiger partial charge in [-0.05, 0) is 80.6 Å². The van der Waals surface area contributed by atoms with Gasteiger partial charge in [-0.2, -0.15) is 0 Å². The maximum absolute atomic E-state index is 12.0. The Labute approximate surface area is 259 Å². The lowest BCUT2D eigenvalue weighted by atomic mass is 9.86. The number of benzene rings is 3. The van der Waals surface area contributed by atoms with E-state index in [9.17, 15) is 10.1 Å². The van der Waals surface area contributed by atoms with Gasteiger partial charge < -0.3 is 24.8 Å². The number of piperidine rings is 1. The zero-order chi connectivity index (χ0) is 30.1. The van der Waals surface area contributed by atoms with Crippen molar-refractivity contribution in [3.8, 4) is 5.75 Å². The number of aryl methyl sites for hydroxylation is 1. The average molecular weight is 602 g/mol. The monoisotopic (exact) mass is 601 g/mol. The van der Waals surface area contributed by atoms with Gasteiger partial charge >= 0.3 is 0 Å². The Morgan fingerprint density at radius 2 is 1.81 bits per heavy atom. The molecule has 1 aliphatic carbocycles. The fraction of sp³-hybridized carbons (Fsp3) is 0.412. The predicted molar refractivity (Wildman–Crippen MR) is 175 cm³/mol. The number of allylic oxidation sites excluding steroid dienone is 1. The number of hydrogen-bond donors (Lipinski definition) is 1. The smallest absolute Gasteiger partial charge is 0.294 e. The molecule has 0 atom stereocenters. The molecule has 9 heteroatoms. The third-order valence-electron chi connectivity index (χ3n) is 9.38. The quantitative estimate of drug-likeness (QED) is 0.199. The number of rotatable bonds is 9. The first-order valence-corrected chi connectivity index (χ1v) is 15.6. The van der Waals surface area contributed by atoms with Gasteiger partial charge in [0, 0.05) is 68.7 Å². The maximum atomic E-state index is 12.0. The number of fused-ring (bicyclic) bond motifs is 1. The van der Waals surface area contributed by atoms with E-state index in [0.717, 1.165) is 81.0 Å². The summed E-state index contributed by atoms with van der Waals surface area (Å²) < 4.78 is 6.09. The predicted octanol–water partition coefficient (Wildman–Crippen LogP) is 7.65. The fourth-order valence-corrected chi connectivity index (χ4v) is 6.81. The van der Waals surface area contributed by atoms with Gasteiger partial charge in [-0.1, -0.05) is 36.4 Å². The van der Waals surface area contributed by atoms with E-state index in [1.165, 1.54) is 11.6 Å². The molecule has 0 radical (unpaired) electrons. The number of anilines is 4. The average Bonchev–Trinajstić information content (AvgIpc) is 2.98. The molecular formula is C34H40ClN5O3. The van der Waals surface area contributed by atoms with Gasteiger partial charge in [0.25, 0.3) is 5.69 Å². The number of para-hydroxylation sites is 1. The molecule has 8 nitrogen and oxygen atoms in total. The molecule has 3 aromatic rings. The molecule has 1 saturated carbocycles. The molecule has 1 N–H and O–H groups in total. The minimum atomic E-state index is -0.322. The van der Waals surface area contributed by atoms with E-state index in [2.05, 4.69) is 45.8 Å². The Bertz CT molecular complexity index is 1480. The SMILES string of the molecule is C=C1CCc2cc(Nc3cc(N4CCC(CN(C)C5CC(Oc6ccccc6)C5)CC4)c([N+](=O)[O-])cc3Cl)ccc2N1C. The minimum Gasteiger partial charge on any atom is -0.490 e. The lowest BCUT2D eigenvalue weighted by molar-refractivity contribution is -0.384. The summed E-state index contributed by atoms with van der Waals surface area (Å²) in [7, 11) is 4.26. The van der Waals surface area contributed by atoms with Crippen LogP contribution in [-0.2, 0) is 6.42 Å². The molecule has 3 aromatic carbocycles. The second-order valence-corrected chi connectivity index (χ2v) is 12.6. The number of hydrogen-bond acceptors (Lipinski definition) is 7. The molecule has 0 unspecified atom stereocenters. The van der Waals surface area contributed by atoms with Gasteiger partial charge in [0.05, 0.1) is 15.6 Å². The summed E-state index contributed by atoms with van der Waals surface area (Å²) in [6.45, 7) is 6.74. The minimum absolute atomic E-state index is 0.0515. The largest absolute Gasteiger partial charge is 0.490 e. The number of nitrogens with one attached hydrogen (secondary N) is 1. The second-order valence-electron chi connectivity index (χ2n) is 12.2. The van der Waals surface area contributed by atoms with Gasteiger partial charge in [0.1, 0.15) is 17.5 Å². The van der Waals surface area contributed by atoms with E-state index in [1.807, 2.05) is 49.5 Å². The number of nitro benzene ring substituents is 1. The maximum Gasteiger partial charge on any atom is 0.294 e. The molecule has 2 fully saturated rings. The van der Waals surface area contributed by atoms with E-state index in [-0.39, 0.29) is 16.7 Å².